The zero-order valence-corrected chi connectivity index (χ0v) is 15.0. The van der Waals surface area contributed by atoms with E-state index in [1.807, 2.05) is 19.1 Å². The second-order valence-electron chi connectivity index (χ2n) is 5.94. The molecule has 0 radical (unpaired) electrons. The van der Waals surface area contributed by atoms with E-state index < -0.39 is 17.5 Å². The summed E-state index contributed by atoms with van der Waals surface area (Å²) in [5.41, 5.74) is 1.12. The average molecular weight is 384 g/mol. The van der Waals surface area contributed by atoms with Crippen molar-refractivity contribution in [3.8, 4) is 0 Å². The Labute approximate surface area is 160 Å². The van der Waals surface area contributed by atoms with E-state index in [1.165, 1.54) is 12.4 Å². The molecule has 28 heavy (non-hydrogen) atoms. The summed E-state index contributed by atoms with van der Waals surface area (Å²) in [5, 5.41) is 8.75. The van der Waals surface area contributed by atoms with E-state index in [-0.39, 0.29) is 12.1 Å². The highest BCUT2D eigenvalue weighted by Crippen LogP contribution is 2.15. The van der Waals surface area contributed by atoms with Crippen LogP contribution in [0.2, 0.25) is 0 Å². The number of carbonyl (C=O) groups excluding carboxylic acids is 1. The van der Waals surface area contributed by atoms with Crippen molar-refractivity contribution >= 4 is 23.4 Å². The van der Waals surface area contributed by atoms with E-state index in [4.69, 9.17) is 0 Å². The van der Waals surface area contributed by atoms with Crippen LogP contribution in [0.3, 0.4) is 0 Å². The number of nitrogens with zero attached hydrogens (tertiary/aromatic N) is 3. The van der Waals surface area contributed by atoms with E-state index in [9.17, 15) is 13.6 Å². The fourth-order valence-corrected chi connectivity index (χ4v) is 2.36. The van der Waals surface area contributed by atoms with Crippen molar-refractivity contribution in [3.05, 3.63) is 71.7 Å². The van der Waals surface area contributed by atoms with Gasteiger partial charge in [-0.15, -0.1) is 0 Å². The molecule has 0 atom stereocenters. The lowest BCUT2D eigenvalue weighted by Gasteiger charge is -2.09. The van der Waals surface area contributed by atoms with Crippen LogP contribution in [0.4, 0.5) is 26.2 Å². The van der Waals surface area contributed by atoms with Crippen LogP contribution in [0.25, 0.3) is 0 Å². The molecule has 0 saturated carbocycles. The molecule has 0 unspecified atom stereocenters. The molecular formula is C19H18F2N6O. The highest BCUT2D eigenvalue weighted by atomic mass is 19.2. The van der Waals surface area contributed by atoms with Crippen LogP contribution >= 0.6 is 0 Å². The first kappa shape index (κ1) is 19.2. The van der Waals surface area contributed by atoms with Crippen LogP contribution in [0, 0.1) is 18.6 Å². The molecule has 9 heteroatoms. The van der Waals surface area contributed by atoms with E-state index >= 15 is 0 Å². The van der Waals surface area contributed by atoms with Gasteiger partial charge in [0.05, 0.1) is 0 Å². The van der Waals surface area contributed by atoms with Crippen molar-refractivity contribution in [2.45, 2.75) is 6.92 Å². The third-order valence-electron chi connectivity index (χ3n) is 3.74. The number of pyridine rings is 1. The van der Waals surface area contributed by atoms with Gasteiger partial charge >= 0.3 is 0 Å². The van der Waals surface area contributed by atoms with Gasteiger partial charge in [-0.25, -0.2) is 23.7 Å². The molecule has 0 spiro atoms. The van der Waals surface area contributed by atoms with Gasteiger partial charge in [-0.1, -0.05) is 0 Å². The molecule has 144 valence electrons. The minimum Gasteiger partial charge on any atom is -0.368 e. The fraction of sp³-hybridized carbons (Fsp3) is 0.158. The van der Waals surface area contributed by atoms with Gasteiger partial charge in [-0.3, -0.25) is 4.79 Å². The maximum Gasteiger partial charge on any atom is 0.251 e. The number of nitrogens with one attached hydrogen (secondary N) is 3. The molecule has 0 bridgehead atoms. The molecule has 0 fully saturated rings. The SMILES string of the molecule is Cc1ccnc(Nc2cc(NCCNC(=O)c3ccc(F)c(F)c3)ncn2)c1. The summed E-state index contributed by atoms with van der Waals surface area (Å²) in [6.07, 6.45) is 3.11. The Kier molecular flexibility index (Phi) is 6.05. The highest BCUT2D eigenvalue weighted by Gasteiger charge is 2.09. The van der Waals surface area contributed by atoms with Gasteiger partial charge in [0.15, 0.2) is 11.6 Å². The lowest BCUT2D eigenvalue weighted by Crippen LogP contribution is -2.29. The number of hydrogen-bond acceptors (Lipinski definition) is 6. The van der Waals surface area contributed by atoms with Crippen LogP contribution in [0.5, 0.6) is 0 Å². The predicted molar refractivity (Wildman–Crippen MR) is 101 cm³/mol. The number of aromatic nitrogens is 3. The molecule has 0 saturated heterocycles. The van der Waals surface area contributed by atoms with E-state index in [2.05, 4.69) is 30.9 Å². The first-order valence-electron chi connectivity index (χ1n) is 8.50. The number of aryl methyl sites for hydroxylation is 1. The number of benzene rings is 1. The quantitative estimate of drug-likeness (QED) is 0.543. The summed E-state index contributed by atoms with van der Waals surface area (Å²) in [6.45, 7) is 2.62. The Morgan fingerprint density at radius 3 is 2.50 bits per heavy atom. The first-order valence-corrected chi connectivity index (χ1v) is 8.50. The summed E-state index contributed by atoms with van der Waals surface area (Å²) in [7, 11) is 0. The summed E-state index contributed by atoms with van der Waals surface area (Å²) >= 11 is 0. The summed E-state index contributed by atoms with van der Waals surface area (Å²) in [5.74, 6) is -0.740. The molecule has 2 aromatic heterocycles. The minimum atomic E-state index is -1.06. The normalized spacial score (nSPS) is 10.4. The molecule has 3 aromatic rings. The molecule has 0 aliphatic heterocycles. The van der Waals surface area contributed by atoms with Crippen LogP contribution in [-0.4, -0.2) is 33.9 Å². The Morgan fingerprint density at radius 2 is 1.71 bits per heavy atom. The van der Waals surface area contributed by atoms with E-state index in [0.717, 1.165) is 17.7 Å². The van der Waals surface area contributed by atoms with Gasteiger partial charge in [0.25, 0.3) is 5.91 Å². The zero-order valence-electron chi connectivity index (χ0n) is 15.0. The van der Waals surface area contributed by atoms with Gasteiger partial charge in [0.1, 0.15) is 23.8 Å². The van der Waals surface area contributed by atoms with Gasteiger partial charge in [-0.05, 0) is 42.8 Å². The summed E-state index contributed by atoms with van der Waals surface area (Å²) in [4.78, 5) is 24.4. The van der Waals surface area contributed by atoms with Crippen LogP contribution < -0.4 is 16.0 Å². The first-order chi connectivity index (χ1) is 13.5. The smallest absolute Gasteiger partial charge is 0.251 e. The third-order valence-corrected chi connectivity index (χ3v) is 3.74. The molecule has 0 aliphatic rings. The van der Waals surface area contributed by atoms with Crippen LogP contribution in [0.15, 0.2) is 48.9 Å². The Morgan fingerprint density at radius 1 is 0.929 bits per heavy atom. The minimum absolute atomic E-state index is 0.0538. The number of amides is 1. The zero-order chi connectivity index (χ0) is 19.9. The second-order valence-corrected chi connectivity index (χ2v) is 5.94. The molecular weight excluding hydrogens is 366 g/mol. The molecule has 3 rings (SSSR count). The van der Waals surface area contributed by atoms with E-state index in [0.29, 0.717) is 24.0 Å². The topological polar surface area (TPSA) is 91.8 Å². The fourth-order valence-electron chi connectivity index (χ4n) is 2.36. The average Bonchev–Trinajstić information content (AvgIpc) is 2.67. The van der Waals surface area contributed by atoms with Crippen molar-refractivity contribution in [2.75, 3.05) is 23.7 Å². The van der Waals surface area contributed by atoms with Crippen molar-refractivity contribution in [2.24, 2.45) is 0 Å². The summed E-state index contributed by atoms with van der Waals surface area (Å²) < 4.78 is 26.1. The van der Waals surface area contributed by atoms with Crippen molar-refractivity contribution in [1.82, 2.24) is 20.3 Å². The predicted octanol–water partition coefficient (Wildman–Crippen LogP) is 3.04. The van der Waals surface area contributed by atoms with Gasteiger partial charge in [0.2, 0.25) is 0 Å². The molecule has 1 aromatic carbocycles. The largest absolute Gasteiger partial charge is 0.368 e. The lowest BCUT2D eigenvalue weighted by molar-refractivity contribution is 0.0954. The number of rotatable bonds is 7. The number of halogens is 2. The van der Waals surface area contributed by atoms with Crippen molar-refractivity contribution < 1.29 is 13.6 Å². The number of carbonyl (C=O) groups is 1. The van der Waals surface area contributed by atoms with Gasteiger partial charge in [0, 0.05) is 30.9 Å². The van der Waals surface area contributed by atoms with Crippen molar-refractivity contribution in [1.29, 1.82) is 0 Å². The van der Waals surface area contributed by atoms with Gasteiger partial charge in [-0.2, -0.15) is 0 Å². The summed E-state index contributed by atoms with van der Waals surface area (Å²) in [6, 6.07) is 8.50. The second kappa shape index (κ2) is 8.85. The van der Waals surface area contributed by atoms with E-state index in [1.54, 1.807) is 12.3 Å². The Bertz CT molecular complexity index is 982. The molecule has 1 amide bonds. The van der Waals surface area contributed by atoms with Crippen LogP contribution in [-0.2, 0) is 0 Å². The molecule has 3 N–H and O–H groups in total. The maximum absolute atomic E-state index is 13.2. The van der Waals surface area contributed by atoms with Crippen LogP contribution in [0.1, 0.15) is 15.9 Å². The third kappa shape index (κ3) is 5.19. The Hall–Kier alpha value is -3.62. The molecule has 7 nitrogen and oxygen atoms in total. The molecule has 0 aliphatic carbocycles. The standard InChI is InChI=1S/C19H18F2N6O/c1-12-4-5-22-17(8-12)27-18-10-16(25-11-26-18)23-6-7-24-19(28)13-2-3-14(20)15(21)9-13/h2-5,8-11H,6-7H2,1H3,(H,24,28)(H2,22,23,25,26,27). The highest BCUT2D eigenvalue weighted by molar-refractivity contribution is 5.94. The lowest BCUT2D eigenvalue weighted by atomic mass is 10.2. The monoisotopic (exact) mass is 384 g/mol. The van der Waals surface area contributed by atoms with Gasteiger partial charge < -0.3 is 16.0 Å². The van der Waals surface area contributed by atoms with Crippen molar-refractivity contribution in [3.63, 3.8) is 0 Å². The Balaban J connectivity index is 1.49. The number of anilines is 3. The molecule has 2 heterocycles. The maximum atomic E-state index is 13.2. The number of hydrogen-bond donors (Lipinski definition) is 3.